The van der Waals surface area contributed by atoms with Crippen LogP contribution in [0.2, 0.25) is 0 Å². The molecule has 1 aliphatic carbocycles. The van der Waals surface area contributed by atoms with E-state index in [9.17, 15) is 4.39 Å². The molecule has 0 bridgehead atoms. The molecule has 1 aromatic carbocycles. The van der Waals surface area contributed by atoms with Crippen LogP contribution in [0.3, 0.4) is 0 Å². The van der Waals surface area contributed by atoms with E-state index in [1.807, 2.05) is 12.1 Å². The summed E-state index contributed by atoms with van der Waals surface area (Å²) in [5.41, 5.74) is 1.87. The van der Waals surface area contributed by atoms with Gasteiger partial charge < -0.3 is 5.32 Å². The number of hydrogen-bond donors (Lipinski definition) is 1. The molecule has 20 heavy (non-hydrogen) atoms. The summed E-state index contributed by atoms with van der Waals surface area (Å²) in [6.45, 7) is 5.94. The minimum absolute atomic E-state index is 0.136. The molecule has 108 valence electrons. The summed E-state index contributed by atoms with van der Waals surface area (Å²) in [5.74, 6) is 3.31. The maximum atomic E-state index is 13.9. The second-order valence-corrected chi connectivity index (χ2v) is 5.52. The Morgan fingerprint density at radius 1 is 1.45 bits per heavy atom. The summed E-state index contributed by atoms with van der Waals surface area (Å²) in [6.07, 6.45) is 7.98. The maximum Gasteiger partial charge on any atom is 0.127 e. The normalized spacial score (nSPS) is 14.5. The SMILES string of the molecule is C#CCN(Cc1cc(CNCC)ccc1F)CC1CC1. The summed E-state index contributed by atoms with van der Waals surface area (Å²) in [5, 5.41) is 3.26. The molecule has 1 aliphatic rings. The Hall–Kier alpha value is -1.37. The third-order valence-corrected chi connectivity index (χ3v) is 3.61. The average molecular weight is 274 g/mol. The fraction of sp³-hybridized carbons (Fsp3) is 0.529. The van der Waals surface area contributed by atoms with E-state index in [2.05, 4.69) is 23.1 Å². The highest BCUT2D eigenvalue weighted by atomic mass is 19.1. The number of nitrogens with one attached hydrogen (secondary N) is 1. The van der Waals surface area contributed by atoms with Crippen molar-refractivity contribution < 1.29 is 4.39 Å². The number of benzene rings is 1. The van der Waals surface area contributed by atoms with Crippen molar-refractivity contribution in [1.29, 1.82) is 0 Å². The first kappa shape index (κ1) is 15.0. The molecule has 0 unspecified atom stereocenters. The van der Waals surface area contributed by atoms with Crippen LogP contribution in [0.1, 0.15) is 30.9 Å². The van der Waals surface area contributed by atoms with Gasteiger partial charge in [0.2, 0.25) is 0 Å². The summed E-state index contributed by atoms with van der Waals surface area (Å²) in [6, 6.07) is 5.36. The molecule has 0 heterocycles. The highest BCUT2D eigenvalue weighted by Crippen LogP contribution is 2.30. The topological polar surface area (TPSA) is 15.3 Å². The van der Waals surface area contributed by atoms with Gasteiger partial charge in [-0.15, -0.1) is 6.42 Å². The van der Waals surface area contributed by atoms with Crippen molar-refractivity contribution in [3.63, 3.8) is 0 Å². The monoisotopic (exact) mass is 274 g/mol. The summed E-state index contributed by atoms with van der Waals surface area (Å²) in [7, 11) is 0. The molecule has 0 aromatic heterocycles. The average Bonchev–Trinajstić information content (AvgIpc) is 3.24. The molecule has 2 rings (SSSR count). The van der Waals surface area contributed by atoms with Gasteiger partial charge in [-0.2, -0.15) is 0 Å². The van der Waals surface area contributed by atoms with Crippen molar-refractivity contribution in [2.24, 2.45) is 5.92 Å². The van der Waals surface area contributed by atoms with Crippen molar-refractivity contribution in [2.75, 3.05) is 19.6 Å². The molecule has 3 heteroatoms. The van der Waals surface area contributed by atoms with Crippen LogP contribution in [0.4, 0.5) is 4.39 Å². The lowest BCUT2D eigenvalue weighted by atomic mass is 10.1. The molecule has 0 spiro atoms. The molecule has 0 aliphatic heterocycles. The number of hydrogen-bond acceptors (Lipinski definition) is 2. The highest BCUT2D eigenvalue weighted by molar-refractivity contribution is 5.25. The van der Waals surface area contributed by atoms with Gasteiger partial charge in [-0.25, -0.2) is 4.39 Å². The van der Waals surface area contributed by atoms with Gasteiger partial charge in [0.05, 0.1) is 6.54 Å². The van der Waals surface area contributed by atoms with Crippen molar-refractivity contribution in [3.05, 3.63) is 35.1 Å². The lowest BCUT2D eigenvalue weighted by molar-refractivity contribution is 0.282. The van der Waals surface area contributed by atoms with Crippen LogP contribution in [0.15, 0.2) is 18.2 Å². The van der Waals surface area contributed by atoms with Crippen molar-refractivity contribution in [1.82, 2.24) is 10.2 Å². The minimum atomic E-state index is -0.136. The van der Waals surface area contributed by atoms with Gasteiger partial charge in [-0.3, -0.25) is 4.90 Å². The molecule has 2 nitrogen and oxygen atoms in total. The highest BCUT2D eigenvalue weighted by Gasteiger charge is 2.24. The maximum absolute atomic E-state index is 13.9. The van der Waals surface area contributed by atoms with Crippen LogP contribution in [-0.2, 0) is 13.1 Å². The molecule has 1 aromatic rings. The van der Waals surface area contributed by atoms with E-state index in [4.69, 9.17) is 6.42 Å². The molecule has 1 fully saturated rings. The van der Waals surface area contributed by atoms with Gasteiger partial charge in [0.25, 0.3) is 0 Å². The lowest BCUT2D eigenvalue weighted by Crippen LogP contribution is -2.26. The van der Waals surface area contributed by atoms with Crippen LogP contribution >= 0.6 is 0 Å². The second-order valence-electron chi connectivity index (χ2n) is 5.52. The standard InChI is InChI=1S/C17H23FN2/c1-3-9-20(12-14-5-6-14)13-16-10-15(11-19-4-2)7-8-17(16)18/h1,7-8,10,14,19H,4-6,9,11-13H2,2H3. The molecule has 1 N–H and O–H groups in total. The first-order valence-corrected chi connectivity index (χ1v) is 7.36. The fourth-order valence-corrected chi connectivity index (χ4v) is 2.35. The van der Waals surface area contributed by atoms with Gasteiger partial charge in [0.15, 0.2) is 0 Å². The molecular formula is C17H23FN2. The first-order valence-electron chi connectivity index (χ1n) is 7.36. The summed E-state index contributed by atoms with van der Waals surface area (Å²) < 4.78 is 13.9. The van der Waals surface area contributed by atoms with Crippen molar-refractivity contribution >= 4 is 0 Å². The molecular weight excluding hydrogens is 251 g/mol. The number of nitrogens with zero attached hydrogens (tertiary/aromatic N) is 1. The number of halogens is 1. The summed E-state index contributed by atoms with van der Waals surface area (Å²) in [4.78, 5) is 2.17. The Labute approximate surface area is 121 Å². The van der Waals surface area contributed by atoms with E-state index in [-0.39, 0.29) is 5.82 Å². The zero-order valence-electron chi connectivity index (χ0n) is 12.2. The van der Waals surface area contributed by atoms with Gasteiger partial charge in [-0.1, -0.05) is 25.0 Å². The molecule has 0 atom stereocenters. The molecule has 1 saturated carbocycles. The smallest absolute Gasteiger partial charge is 0.127 e. The van der Waals surface area contributed by atoms with Crippen LogP contribution < -0.4 is 5.32 Å². The van der Waals surface area contributed by atoms with Crippen molar-refractivity contribution in [3.8, 4) is 12.3 Å². The van der Waals surface area contributed by atoms with E-state index in [1.54, 1.807) is 6.07 Å². The first-order chi connectivity index (χ1) is 9.72. The Morgan fingerprint density at radius 2 is 2.25 bits per heavy atom. The molecule has 0 saturated heterocycles. The van der Waals surface area contributed by atoms with Crippen LogP contribution in [0, 0.1) is 24.1 Å². The van der Waals surface area contributed by atoms with Crippen molar-refractivity contribution in [2.45, 2.75) is 32.9 Å². The zero-order valence-corrected chi connectivity index (χ0v) is 12.2. The third-order valence-electron chi connectivity index (χ3n) is 3.61. The Bertz CT molecular complexity index is 474. The fourth-order valence-electron chi connectivity index (χ4n) is 2.35. The predicted octanol–water partition coefficient (Wildman–Crippen LogP) is 2.78. The second kappa shape index (κ2) is 7.42. The van der Waals surface area contributed by atoms with E-state index < -0.39 is 0 Å². The van der Waals surface area contributed by atoms with Gasteiger partial charge >= 0.3 is 0 Å². The lowest BCUT2D eigenvalue weighted by Gasteiger charge is -2.20. The van der Waals surface area contributed by atoms with E-state index >= 15 is 0 Å². The largest absolute Gasteiger partial charge is 0.313 e. The molecule has 0 radical (unpaired) electrons. The van der Waals surface area contributed by atoms with Crippen LogP contribution in [-0.4, -0.2) is 24.5 Å². The van der Waals surface area contributed by atoms with Gasteiger partial charge in [-0.05, 0) is 36.9 Å². The van der Waals surface area contributed by atoms with E-state index in [0.29, 0.717) is 13.1 Å². The predicted molar refractivity (Wildman–Crippen MR) is 80.6 cm³/mol. The Morgan fingerprint density at radius 3 is 2.90 bits per heavy atom. The third kappa shape index (κ3) is 4.63. The van der Waals surface area contributed by atoms with Gasteiger partial charge in [0, 0.05) is 25.2 Å². The Balaban J connectivity index is 2.02. The summed E-state index contributed by atoms with van der Waals surface area (Å²) >= 11 is 0. The quantitative estimate of drug-likeness (QED) is 0.733. The number of terminal acetylenes is 1. The van der Waals surface area contributed by atoms with E-state index in [0.717, 1.165) is 36.7 Å². The number of rotatable bonds is 8. The zero-order chi connectivity index (χ0) is 14.4. The Kier molecular flexibility index (Phi) is 5.58. The van der Waals surface area contributed by atoms with Crippen LogP contribution in [0.5, 0.6) is 0 Å². The van der Waals surface area contributed by atoms with E-state index in [1.165, 1.54) is 12.8 Å². The molecule has 0 amide bonds. The van der Waals surface area contributed by atoms with Gasteiger partial charge in [0.1, 0.15) is 5.82 Å². The minimum Gasteiger partial charge on any atom is -0.313 e. The van der Waals surface area contributed by atoms with Crippen LogP contribution in [0.25, 0.3) is 0 Å².